The largest absolute Gasteiger partial charge is 0.299 e. The molecule has 0 aromatic heterocycles. The molecule has 2 fully saturated rings. The Kier molecular flexibility index (Phi) is 4.20. The van der Waals surface area contributed by atoms with Crippen molar-refractivity contribution in [1.29, 1.82) is 0 Å². The number of rotatable bonds is 2. The van der Waals surface area contributed by atoms with Crippen molar-refractivity contribution >= 4 is 13.7 Å². The number of carbonyl (C=O) groups is 1. The topological polar surface area (TPSA) is 17.1 Å². The van der Waals surface area contributed by atoms with Gasteiger partial charge < -0.3 is 0 Å². The Bertz CT molecular complexity index is 221. The van der Waals surface area contributed by atoms with Crippen molar-refractivity contribution in [2.45, 2.75) is 69.1 Å². The molecular weight excluding hydrogens is 203 g/mol. The summed E-state index contributed by atoms with van der Waals surface area (Å²) >= 11 is 0. The average molecular weight is 226 g/mol. The van der Waals surface area contributed by atoms with Crippen LogP contribution < -0.4 is 0 Å². The van der Waals surface area contributed by atoms with E-state index in [0.29, 0.717) is 11.4 Å². The van der Waals surface area contributed by atoms with Crippen molar-refractivity contribution in [3.8, 4) is 0 Å². The molecule has 2 atom stereocenters. The molecule has 2 unspecified atom stereocenters. The molecule has 15 heavy (non-hydrogen) atoms. The molecule has 1 nitrogen and oxygen atoms in total. The molecule has 0 saturated heterocycles. The second-order valence-electron chi connectivity index (χ2n) is 5.19. The molecule has 0 aromatic carbocycles. The van der Waals surface area contributed by atoms with Gasteiger partial charge in [-0.3, -0.25) is 4.79 Å². The lowest BCUT2D eigenvalue weighted by atomic mass is 9.99. The second-order valence-corrected chi connectivity index (χ2v) is 7.87. The summed E-state index contributed by atoms with van der Waals surface area (Å²) in [6.07, 6.45) is 11.6. The lowest BCUT2D eigenvalue weighted by molar-refractivity contribution is -0.119. The monoisotopic (exact) mass is 226 g/mol. The first-order valence-corrected chi connectivity index (χ1v) is 8.46. The Balaban J connectivity index is 1.92. The zero-order valence-corrected chi connectivity index (χ0v) is 10.8. The summed E-state index contributed by atoms with van der Waals surface area (Å²) in [6, 6.07) is 0. The minimum Gasteiger partial charge on any atom is -0.299 e. The van der Waals surface area contributed by atoms with E-state index in [1.54, 1.807) is 0 Å². The maximum Gasteiger partial charge on any atom is 0.140 e. The molecule has 0 N–H and O–H groups in total. The van der Waals surface area contributed by atoms with Crippen LogP contribution in [0.5, 0.6) is 0 Å². The van der Waals surface area contributed by atoms with Crippen LogP contribution in [0.25, 0.3) is 0 Å². The first kappa shape index (κ1) is 11.6. The SMILES string of the molecule is CP(C1CCCCC1)C1CCCCC1=O. The summed E-state index contributed by atoms with van der Waals surface area (Å²) in [5, 5.41) is 0. The van der Waals surface area contributed by atoms with Gasteiger partial charge in [-0.25, -0.2) is 0 Å². The van der Waals surface area contributed by atoms with Crippen LogP contribution in [0.1, 0.15) is 57.8 Å². The van der Waals surface area contributed by atoms with Gasteiger partial charge in [-0.05, 0) is 38.0 Å². The van der Waals surface area contributed by atoms with E-state index in [1.807, 2.05) is 0 Å². The highest BCUT2D eigenvalue weighted by atomic mass is 31.1. The number of Topliss-reactive ketones (excluding diaryl/α,β-unsaturated/α-hetero) is 1. The van der Waals surface area contributed by atoms with Gasteiger partial charge in [-0.15, -0.1) is 0 Å². The summed E-state index contributed by atoms with van der Waals surface area (Å²) in [6.45, 7) is 2.40. The standard InChI is InChI=1S/C13H23OP/c1-15(11-7-3-2-4-8-11)13-10-6-5-9-12(13)14/h11,13H,2-10H2,1H3. The fourth-order valence-corrected chi connectivity index (χ4v) is 6.00. The van der Waals surface area contributed by atoms with E-state index in [-0.39, 0.29) is 7.92 Å². The third kappa shape index (κ3) is 2.81. The van der Waals surface area contributed by atoms with Gasteiger partial charge in [0.2, 0.25) is 0 Å². The van der Waals surface area contributed by atoms with E-state index in [1.165, 1.54) is 44.9 Å². The Morgan fingerprint density at radius 2 is 1.67 bits per heavy atom. The third-order valence-corrected chi connectivity index (χ3v) is 7.36. The van der Waals surface area contributed by atoms with Crippen molar-refractivity contribution in [3.05, 3.63) is 0 Å². The van der Waals surface area contributed by atoms with Crippen LogP contribution >= 0.6 is 7.92 Å². The Morgan fingerprint density at radius 1 is 1.00 bits per heavy atom. The van der Waals surface area contributed by atoms with Crippen molar-refractivity contribution in [3.63, 3.8) is 0 Å². The Morgan fingerprint density at radius 3 is 2.33 bits per heavy atom. The maximum absolute atomic E-state index is 11.9. The fourth-order valence-electron chi connectivity index (χ4n) is 3.14. The van der Waals surface area contributed by atoms with Crippen LogP contribution in [-0.4, -0.2) is 23.8 Å². The van der Waals surface area contributed by atoms with E-state index in [2.05, 4.69) is 6.66 Å². The van der Waals surface area contributed by atoms with Gasteiger partial charge in [-0.1, -0.05) is 33.6 Å². The molecule has 2 heteroatoms. The third-order valence-electron chi connectivity index (χ3n) is 4.16. The minimum absolute atomic E-state index is 0.00578. The predicted octanol–water partition coefficient (Wildman–Crippen LogP) is 3.94. The highest BCUT2D eigenvalue weighted by Gasteiger charge is 2.32. The van der Waals surface area contributed by atoms with Gasteiger partial charge in [0.15, 0.2) is 0 Å². The van der Waals surface area contributed by atoms with Crippen molar-refractivity contribution < 1.29 is 4.79 Å². The van der Waals surface area contributed by atoms with Crippen molar-refractivity contribution in [2.24, 2.45) is 0 Å². The number of carbonyl (C=O) groups excluding carboxylic acids is 1. The Labute approximate surface area is 94.8 Å². The smallest absolute Gasteiger partial charge is 0.140 e. The van der Waals surface area contributed by atoms with Gasteiger partial charge in [0.05, 0.1) is 0 Å². The molecule has 0 radical (unpaired) electrons. The van der Waals surface area contributed by atoms with Crippen LogP contribution in [0.15, 0.2) is 0 Å². The van der Waals surface area contributed by atoms with Crippen molar-refractivity contribution in [2.75, 3.05) is 6.66 Å². The highest BCUT2D eigenvalue weighted by molar-refractivity contribution is 7.59. The molecule has 2 saturated carbocycles. The zero-order chi connectivity index (χ0) is 10.7. The van der Waals surface area contributed by atoms with E-state index in [9.17, 15) is 4.79 Å². The molecule has 0 spiro atoms. The molecular formula is C13H23OP. The molecule has 2 aliphatic carbocycles. The summed E-state index contributed by atoms with van der Waals surface area (Å²) < 4.78 is 0. The number of hydrogen-bond donors (Lipinski definition) is 0. The van der Waals surface area contributed by atoms with Gasteiger partial charge in [0, 0.05) is 12.1 Å². The molecule has 86 valence electrons. The van der Waals surface area contributed by atoms with Crippen LogP contribution in [0.4, 0.5) is 0 Å². The Hall–Kier alpha value is 0.100. The van der Waals surface area contributed by atoms with Crippen LogP contribution in [0.3, 0.4) is 0 Å². The van der Waals surface area contributed by atoms with Crippen LogP contribution in [0.2, 0.25) is 0 Å². The van der Waals surface area contributed by atoms with Gasteiger partial charge >= 0.3 is 0 Å². The molecule has 0 bridgehead atoms. The van der Waals surface area contributed by atoms with Gasteiger partial charge in [0.25, 0.3) is 0 Å². The maximum atomic E-state index is 11.9. The summed E-state index contributed by atoms with van der Waals surface area (Å²) in [5.41, 5.74) is 1.40. The first-order valence-electron chi connectivity index (χ1n) is 6.53. The van der Waals surface area contributed by atoms with E-state index < -0.39 is 0 Å². The first-order chi connectivity index (χ1) is 7.29. The van der Waals surface area contributed by atoms with Crippen LogP contribution in [0, 0.1) is 0 Å². The summed E-state index contributed by atoms with van der Waals surface area (Å²) in [4.78, 5) is 11.9. The zero-order valence-electron chi connectivity index (χ0n) is 9.87. The van der Waals surface area contributed by atoms with E-state index in [0.717, 1.165) is 18.5 Å². The number of hydrogen-bond acceptors (Lipinski definition) is 1. The summed E-state index contributed by atoms with van der Waals surface area (Å²) in [7, 11) is -0.00578. The van der Waals surface area contributed by atoms with E-state index in [4.69, 9.17) is 0 Å². The molecule has 0 aromatic rings. The normalized spacial score (nSPS) is 31.5. The fraction of sp³-hybridized carbons (Fsp3) is 0.923. The van der Waals surface area contributed by atoms with Gasteiger partial charge in [-0.2, -0.15) is 0 Å². The van der Waals surface area contributed by atoms with Gasteiger partial charge in [0.1, 0.15) is 5.78 Å². The summed E-state index contributed by atoms with van der Waals surface area (Å²) in [5.74, 6) is 0.598. The van der Waals surface area contributed by atoms with Crippen LogP contribution in [-0.2, 0) is 4.79 Å². The molecule has 2 rings (SSSR count). The lowest BCUT2D eigenvalue weighted by Gasteiger charge is -2.35. The molecule has 0 aliphatic heterocycles. The highest BCUT2D eigenvalue weighted by Crippen LogP contribution is 2.51. The molecule has 2 aliphatic rings. The minimum atomic E-state index is -0.00578. The van der Waals surface area contributed by atoms with E-state index >= 15 is 0 Å². The molecule has 0 heterocycles. The quantitative estimate of drug-likeness (QED) is 0.652. The lowest BCUT2D eigenvalue weighted by Crippen LogP contribution is -2.27. The predicted molar refractivity (Wildman–Crippen MR) is 67.0 cm³/mol. The van der Waals surface area contributed by atoms with Crippen molar-refractivity contribution in [1.82, 2.24) is 0 Å². The molecule has 0 amide bonds. The average Bonchev–Trinajstić information content (AvgIpc) is 2.30. The number of ketones is 1. The second kappa shape index (κ2) is 5.43.